The van der Waals surface area contributed by atoms with Crippen LogP contribution >= 0.6 is 0 Å². The van der Waals surface area contributed by atoms with Gasteiger partial charge in [-0.3, -0.25) is 0 Å². The summed E-state index contributed by atoms with van der Waals surface area (Å²) in [5, 5.41) is 9.92. The number of hydrogen-bond acceptors (Lipinski definition) is 5. The van der Waals surface area contributed by atoms with Crippen molar-refractivity contribution >= 4 is 0 Å². The van der Waals surface area contributed by atoms with Crippen molar-refractivity contribution in [3.63, 3.8) is 0 Å². The van der Waals surface area contributed by atoms with Gasteiger partial charge in [0.1, 0.15) is 18.3 Å². The lowest BCUT2D eigenvalue weighted by Gasteiger charge is -2.25. The highest BCUT2D eigenvalue weighted by molar-refractivity contribution is 5.00. The molecule has 2 fully saturated rings. The van der Waals surface area contributed by atoms with E-state index in [-0.39, 0.29) is 18.6 Å². The molecule has 1 N–H and O–H groups in total. The fourth-order valence-electron chi connectivity index (χ4n) is 2.33. The van der Waals surface area contributed by atoms with E-state index in [2.05, 4.69) is 5.92 Å². The summed E-state index contributed by atoms with van der Waals surface area (Å²) in [6.07, 6.45) is 2.91. The van der Waals surface area contributed by atoms with E-state index in [1.54, 1.807) is 0 Å². The number of aliphatic hydroxyl groups excluding tert-OH is 1. The van der Waals surface area contributed by atoms with Crippen molar-refractivity contribution in [1.29, 1.82) is 0 Å². The highest BCUT2D eigenvalue weighted by Gasteiger charge is 2.57. The van der Waals surface area contributed by atoms with Crippen LogP contribution in [-0.2, 0) is 18.9 Å². The monoisotopic (exact) mass is 242 g/mol. The molecule has 0 radical (unpaired) electrons. The lowest BCUT2D eigenvalue weighted by Crippen LogP contribution is -2.38. The lowest BCUT2D eigenvalue weighted by atomic mass is 10.0. The van der Waals surface area contributed by atoms with Crippen LogP contribution in [0.2, 0.25) is 0 Å². The zero-order valence-corrected chi connectivity index (χ0v) is 10.3. The van der Waals surface area contributed by atoms with Crippen molar-refractivity contribution in [1.82, 2.24) is 0 Å². The lowest BCUT2D eigenvalue weighted by molar-refractivity contribution is -0.236. The fourth-order valence-corrected chi connectivity index (χ4v) is 2.33. The van der Waals surface area contributed by atoms with E-state index >= 15 is 0 Å². The molecular formula is C12H18O5. The summed E-state index contributed by atoms with van der Waals surface area (Å²) in [7, 11) is 1.53. The first-order valence-electron chi connectivity index (χ1n) is 5.64. The fraction of sp³-hybridized carbons (Fsp3) is 0.833. The van der Waals surface area contributed by atoms with Gasteiger partial charge in [0.25, 0.3) is 0 Å². The zero-order valence-electron chi connectivity index (χ0n) is 10.3. The molecule has 96 valence electrons. The molecule has 0 amide bonds. The molecule has 0 unspecified atom stereocenters. The summed E-state index contributed by atoms with van der Waals surface area (Å²) in [5.74, 6) is 1.72. The van der Waals surface area contributed by atoms with Gasteiger partial charge < -0.3 is 24.1 Å². The van der Waals surface area contributed by atoms with Crippen molar-refractivity contribution in [3.8, 4) is 12.3 Å². The number of terminal acetylenes is 1. The first-order chi connectivity index (χ1) is 7.98. The van der Waals surface area contributed by atoms with E-state index < -0.39 is 24.3 Å². The van der Waals surface area contributed by atoms with E-state index in [0.29, 0.717) is 0 Å². The van der Waals surface area contributed by atoms with Crippen molar-refractivity contribution in [2.24, 2.45) is 0 Å². The van der Waals surface area contributed by atoms with Crippen molar-refractivity contribution in [2.75, 3.05) is 7.11 Å². The van der Waals surface area contributed by atoms with Gasteiger partial charge in [0.15, 0.2) is 12.1 Å². The maximum absolute atomic E-state index is 9.92. The molecule has 17 heavy (non-hydrogen) atoms. The Morgan fingerprint density at radius 1 is 1.41 bits per heavy atom. The molecule has 0 aromatic heterocycles. The van der Waals surface area contributed by atoms with Crippen LogP contribution in [0.3, 0.4) is 0 Å². The average Bonchev–Trinajstić information content (AvgIpc) is 2.71. The largest absolute Gasteiger partial charge is 0.389 e. The predicted molar refractivity (Wildman–Crippen MR) is 59.0 cm³/mol. The van der Waals surface area contributed by atoms with E-state index in [4.69, 9.17) is 25.4 Å². The minimum atomic E-state index is -0.773. The normalized spacial score (nSPS) is 40.9. The highest BCUT2D eigenvalue weighted by Crippen LogP contribution is 2.40. The van der Waals surface area contributed by atoms with Crippen LogP contribution in [0.25, 0.3) is 0 Å². The van der Waals surface area contributed by atoms with E-state index in [9.17, 15) is 5.11 Å². The second-order valence-corrected chi connectivity index (χ2v) is 4.75. The molecule has 2 heterocycles. The van der Waals surface area contributed by atoms with Crippen LogP contribution in [0.15, 0.2) is 0 Å². The molecule has 0 bridgehead atoms. The Bertz CT molecular complexity index is 321. The highest BCUT2D eigenvalue weighted by atomic mass is 16.8. The van der Waals surface area contributed by atoms with Gasteiger partial charge in [-0.05, 0) is 13.8 Å². The molecule has 2 aliphatic rings. The van der Waals surface area contributed by atoms with Gasteiger partial charge in [0.2, 0.25) is 0 Å². The first-order valence-corrected chi connectivity index (χ1v) is 5.64. The third-order valence-electron chi connectivity index (χ3n) is 2.99. The Labute approximate surface area is 101 Å². The van der Waals surface area contributed by atoms with E-state index in [1.807, 2.05) is 13.8 Å². The van der Waals surface area contributed by atoms with Gasteiger partial charge in [-0.25, -0.2) is 0 Å². The van der Waals surface area contributed by atoms with Crippen molar-refractivity contribution in [2.45, 2.75) is 56.8 Å². The third kappa shape index (κ3) is 2.32. The summed E-state index contributed by atoms with van der Waals surface area (Å²) >= 11 is 0. The Hall–Kier alpha value is -0.640. The number of fused-ring (bicyclic) bond motifs is 1. The number of hydrogen-bond donors (Lipinski definition) is 1. The molecule has 5 nitrogen and oxygen atoms in total. The zero-order chi connectivity index (χ0) is 12.6. The van der Waals surface area contributed by atoms with E-state index in [0.717, 1.165) is 0 Å². The molecule has 0 saturated carbocycles. The Morgan fingerprint density at radius 3 is 2.65 bits per heavy atom. The third-order valence-corrected chi connectivity index (χ3v) is 2.99. The number of rotatable bonds is 3. The Morgan fingerprint density at radius 2 is 2.06 bits per heavy atom. The van der Waals surface area contributed by atoms with Gasteiger partial charge in [-0.1, -0.05) is 0 Å². The molecule has 5 atom stereocenters. The van der Waals surface area contributed by atoms with Gasteiger partial charge in [-0.15, -0.1) is 12.3 Å². The van der Waals surface area contributed by atoms with Crippen LogP contribution in [-0.4, -0.2) is 48.7 Å². The first kappa shape index (κ1) is 12.8. The van der Waals surface area contributed by atoms with Crippen LogP contribution in [0, 0.1) is 12.3 Å². The minimum absolute atomic E-state index is 0.216. The molecule has 0 aromatic carbocycles. The van der Waals surface area contributed by atoms with Crippen LogP contribution in [0.5, 0.6) is 0 Å². The number of aliphatic hydroxyl groups is 1. The summed E-state index contributed by atoms with van der Waals surface area (Å²) in [6.45, 7) is 3.64. The number of ether oxygens (including phenoxy) is 4. The molecule has 5 heteroatoms. The van der Waals surface area contributed by atoms with Crippen LogP contribution in [0.1, 0.15) is 20.3 Å². The second kappa shape index (κ2) is 4.56. The summed E-state index contributed by atoms with van der Waals surface area (Å²) in [5.41, 5.74) is 0. The Kier molecular flexibility index (Phi) is 3.43. The Balaban J connectivity index is 2.13. The van der Waals surface area contributed by atoms with Crippen LogP contribution < -0.4 is 0 Å². The standard InChI is InChI=1S/C12H18O5/c1-5-6-7(13)8-9-10(11(14-4)15-8)17-12(2,3)16-9/h1,7-11,13H,6H2,2-4H3/t7-,8-,9+,10+,11+/m1/s1. The molecule has 0 aromatic rings. The quantitative estimate of drug-likeness (QED) is 0.719. The van der Waals surface area contributed by atoms with Crippen molar-refractivity contribution in [3.05, 3.63) is 0 Å². The van der Waals surface area contributed by atoms with Crippen LogP contribution in [0.4, 0.5) is 0 Å². The topological polar surface area (TPSA) is 57.2 Å². The molecule has 0 spiro atoms. The molecule has 2 aliphatic heterocycles. The van der Waals surface area contributed by atoms with E-state index in [1.165, 1.54) is 7.11 Å². The SMILES string of the molecule is C#CC[C@@H](O)[C@H]1O[C@H](OC)[C@H]2OC(C)(C)O[C@H]21. The molecule has 2 rings (SSSR count). The van der Waals surface area contributed by atoms with Crippen molar-refractivity contribution < 1.29 is 24.1 Å². The van der Waals surface area contributed by atoms with Gasteiger partial charge in [-0.2, -0.15) is 0 Å². The smallest absolute Gasteiger partial charge is 0.186 e. The summed E-state index contributed by atoms with van der Waals surface area (Å²) < 4.78 is 22.2. The summed E-state index contributed by atoms with van der Waals surface area (Å²) in [4.78, 5) is 0. The second-order valence-electron chi connectivity index (χ2n) is 4.75. The summed E-state index contributed by atoms with van der Waals surface area (Å²) in [6, 6.07) is 0. The minimum Gasteiger partial charge on any atom is -0.389 e. The number of methoxy groups -OCH3 is 1. The predicted octanol–water partition coefficient (Wildman–Crippen LogP) is 0.262. The van der Waals surface area contributed by atoms with Gasteiger partial charge in [0.05, 0.1) is 6.10 Å². The average molecular weight is 242 g/mol. The van der Waals surface area contributed by atoms with Gasteiger partial charge in [0, 0.05) is 13.5 Å². The molecule has 2 saturated heterocycles. The van der Waals surface area contributed by atoms with Gasteiger partial charge >= 0.3 is 0 Å². The molecular weight excluding hydrogens is 224 g/mol. The maximum atomic E-state index is 9.92. The molecule has 0 aliphatic carbocycles. The maximum Gasteiger partial charge on any atom is 0.186 e.